The lowest BCUT2D eigenvalue weighted by molar-refractivity contribution is -0.0460. The van der Waals surface area contributed by atoms with Crippen molar-refractivity contribution >= 4 is 12.4 Å². The first-order valence-corrected chi connectivity index (χ1v) is 8.99. The van der Waals surface area contributed by atoms with Crippen LogP contribution in [0.1, 0.15) is 22.8 Å². The Hall–Kier alpha value is -1.66. The van der Waals surface area contributed by atoms with Crippen LogP contribution in [0, 0.1) is 19.7 Å². The van der Waals surface area contributed by atoms with Crippen molar-refractivity contribution < 1.29 is 19.0 Å². The Morgan fingerprint density at radius 2 is 2.04 bits per heavy atom. The van der Waals surface area contributed by atoms with E-state index in [1.165, 1.54) is 23.3 Å². The highest BCUT2D eigenvalue weighted by Gasteiger charge is 2.24. The fourth-order valence-corrected chi connectivity index (χ4v) is 3.12. The number of benzene rings is 2. The van der Waals surface area contributed by atoms with Gasteiger partial charge in [-0.3, -0.25) is 4.90 Å². The van der Waals surface area contributed by atoms with Crippen LogP contribution < -0.4 is 4.74 Å². The monoisotopic (exact) mass is 395 g/mol. The van der Waals surface area contributed by atoms with Gasteiger partial charge in [0.15, 0.2) is 0 Å². The van der Waals surface area contributed by atoms with Crippen molar-refractivity contribution in [2.45, 2.75) is 26.1 Å². The molecular formula is C21H27ClFNO3. The molecule has 0 saturated carbocycles. The van der Waals surface area contributed by atoms with Gasteiger partial charge in [0, 0.05) is 19.6 Å². The number of β-amino-alcohol motifs (C(OH)–C–C–N with tert-alkyl or cyclic N) is 1. The predicted molar refractivity (Wildman–Crippen MR) is 106 cm³/mol. The average Bonchev–Trinajstić information content (AvgIpc) is 2.63. The van der Waals surface area contributed by atoms with Crippen LogP contribution in [0.15, 0.2) is 42.5 Å². The van der Waals surface area contributed by atoms with Gasteiger partial charge in [0.1, 0.15) is 24.3 Å². The first-order valence-electron chi connectivity index (χ1n) is 8.99. The van der Waals surface area contributed by atoms with Gasteiger partial charge in [-0.2, -0.15) is 0 Å². The lowest BCUT2D eigenvalue weighted by Gasteiger charge is -2.34. The van der Waals surface area contributed by atoms with E-state index in [1.54, 1.807) is 6.07 Å². The molecule has 0 amide bonds. The van der Waals surface area contributed by atoms with Crippen LogP contribution in [0.25, 0.3) is 0 Å². The Kier molecular flexibility index (Phi) is 8.05. The molecule has 2 aromatic rings. The van der Waals surface area contributed by atoms with Crippen molar-refractivity contribution in [2.24, 2.45) is 0 Å². The van der Waals surface area contributed by atoms with Crippen molar-refractivity contribution in [3.05, 3.63) is 65.0 Å². The first-order chi connectivity index (χ1) is 12.5. The van der Waals surface area contributed by atoms with E-state index in [-0.39, 0.29) is 30.9 Å². The van der Waals surface area contributed by atoms with Crippen LogP contribution in [0.5, 0.6) is 5.75 Å². The maximum absolute atomic E-state index is 13.4. The molecule has 2 aromatic carbocycles. The van der Waals surface area contributed by atoms with E-state index in [9.17, 15) is 9.50 Å². The molecule has 3 rings (SSSR count). The number of ether oxygens (including phenoxy) is 2. The molecule has 0 spiro atoms. The van der Waals surface area contributed by atoms with E-state index in [0.717, 1.165) is 17.9 Å². The molecule has 2 atom stereocenters. The van der Waals surface area contributed by atoms with E-state index in [2.05, 4.69) is 11.8 Å². The third-order valence-electron chi connectivity index (χ3n) is 4.76. The summed E-state index contributed by atoms with van der Waals surface area (Å²) >= 11 is 0. The van der Waals surface area contributed by atoms with Gasteiger partial charge >= 0.3 is 0 Å². The molecule has 148 valence electrons. The van der Waals surface area contributed by atoms with Gasteiger partial charge in [0.05, 0.1) is 12.7 Å². The molecule has 1 fully saturated rings. The van der Waals surface area contributed by atoms with Crippen LogP contribution in [0.3, 0.4) is 0 Å². The van der Waals surface area contributed by atoms with E-state index >= 15 is 0 Å². The Morgan fingerprint density at radius 3 is 2.78 bits per heavy atom. The SMILES string of the molecule is Cc1ccc(OCC(O)CN2CCOC(c3cccc(F)c3)C2)cc1C.Cl. The zero-order valence-corrected chi connectivity index (χ0v) is 16.5. The highest BCUT2D eigenvalue weighted by Crippen LogP contribution is 2.23. The minimum atomic E-state index is -0.595. The van der Waals surface area contributed by atoms with E-state index in [4.69, 9.17) is 9.47 Å². The van der Waals surface area contributed by atoms with Crippen molar-refractivity contribution in [1.29, 1.82) is 0 Å². The third kappa shape index (κ3) is 6.18. The number of nitrogens with zero attached hydrogens (tertiary/aromatic N) is 1. The number of rotatable bonds is 6. The summed E-state index contributed by atoms with van der Waals surface area (Å²) in [5.41, 5.74) is 3.22. The number of halogens is 2. The van der Waals surface area contributed by atoms with Gasteiger partial charge in [0.2, 0.25) is 0 Å². The quantitative estimate of drug-likeness (QED) is 0.810. The van der Waals surface area contributed by atoms with Gasteiger partial charge in [-0.25, -0.2) is 4.39 Å². The largest absolute Gasteiger partial charge is 0.491 e. The smallest absolute Gasteiger partial charge is 0.123 e. The average molecular weight is 396 g/mol. The Morgan fingerprint density at radius 1 is 1.22 bits per heavy atom. The first kappa shape index (κ1) is 21.6. The zero-order valence-electron chi connectivity index (χ0n) is 15.7. The molecule has 0 bridgehead atoms. The molecule has 1 heterocycles. The van der Waals surface area contributed by atoms with Gasteiger partial charge in [-0.05, 0) is 54.8 Å². The van der Waals surface area contributed by atoms with Crippen LogP contribution in [0.2, 0.25) is 0 Å². The second kappa shape index (κ2) is 10.0. The number of aryl methyl sites for hydroxylation is 2. The number of hydrogen-bond acceptors (Lipinski definition) is 4. The fraction of sp³-hybridized carbons (Fsp3) is 0.429. The lowest BCUT2D eigenvalue weighted by Crippen LogP contribution is -2.43. The van der Waals surface area contributed by atoms with E-state index in [1.807, 2.05) is 31.2 Å². The third-order valence-corrected chi connectivity index (χ3v) is 4.76. The predicted octanol–water partition coefficient (Wildman–Crippen LogP) is 3.68. The summed E-state index contributed by atoms with van der Waals surface area (Å²) in [4.78, 5) is 2.13. The molecule has 0 aromatic heterocycles. The summed E-state index contributed by atoms with van der Waals surface area (Å²) in [6, 6.07) is 12.4. The lowest BCUT2D eigenvalue weighted by atomic mass is 10.1. The maximum atomic E-state index is 13.4. The molecule has 1 N–H and O–H groups in total. The summed E-state index contributed by atoms with van der Waals surface area (Å²) < 4.78 is 24.9. The van der Waals surface area contributed by atoms with Crippen LogP contribution >= 0.6 is 12.4 Å². The van der Waals surface area contributed by atoms with Crippen LogP contribution in [0.4, 0.5) is 4.39 Å². The molecule has 1 aliphatic rings. The zero-order chi connectivity index (χ0) is 18.5. The fourth-order valence-electron chi connectivity index (χ4n) is 3.12. The van der Waals surface area contributed by atoms with Gasteiger partial charge in [0.25, 0.3) is 0 Å². The molecule has 4 nitrogen and oxygen atoms in total. The molecule has 0 radical (unpaired) electrons. The Balaban J connectivity index is 0.00000261. The minimum Gasteiger partial charge on any atom is -0.491 e. The summed E-state index contributed by atoms with van der Waals surface area (Å²) in [7, 11) is 0. The molecular weight excluding hydrogens is 369 g/mol. The van der Waals surface area contributed by atoms with Crippen LogP contribution in [-0.4, -0.2) is 49.0 Å². The van der Waals surface area contributed by atoms with Crippen molar-refractivity contribution in [2.75, 3.05) is 32.8 Å². The van der Waals surface area contributed by atoms with Crippen molar-refractivity contribution in [3.63, 3.8) is 0 Å². The highest BCUT2D eigenvalue weighted by atomic mass is 35.5. The number of aliphatic hydroxyl groups excluding tert-OH is 1. The molecule has 1 aliphatic heterocycles. The summed E-state index contributed by atoms with van der Waals surface area (Å²) in [5, 5.41) is 10.3. The highest BCUT2D eigenvalue weighted by molar-refractivity contribution is 5.85. The molecule has 27 heavy (non-hydrogen) atoms. The van der Waals surface area contributed by atoms with E-state index in [0.29, 0.717) is 19.7 Å². The molecule has 1 saturated heterocycles. The maximum Gasteiger partial charge on any atom is 0.123 e. The second-order valence-electron chi connectivity index (χ2n) is 6.88. The minimum absolute atomic E-state index is 0. The van der Waals surface area contributed by atoms with Crippen LogP contribution in [-0.2, 0) is 4.74 Å². The van der Waals surface area contributed by atoms with E-state index < -0.39 is 6.10 Å². The number of morpholine rings is 1. The standard InChI is InChI=1S/C21H26FNO3.ClH/c1-15-6-7-20(10-16(15)2)26-14-19(24)12-23-8-9-25-21(13-23)17-4-3-5-18(22)11-17;/h3-7,10-11,19,21,24H,8-9,12-14H2,1-2H3;1H. The van der Waals surface area contributed by atoms with Gasteiger partial charge < -0.3 is 14.6 Å². The Labute approximate surface area is 166 Å². The molecule has 2 unspecified atom stereocenters. The van der Waals surface area contributed by atoms with Crippen molar-refractivity contribution in [3.8, 4) is 5.75 Å². The molecule has 0 aliphatic carbocycles. The second-order valence-corrected chi connectivity index (χ2v) is 6.88. The topological polar surface area (TPSA) is 41.9 Å². The van der Waals surface area contributed by atoms with Gasteiger partial charge in [-0.1, -0.05) is 18.2 Å². The summed E-state index contributed by atoms with van der Waals surface area (Å²) in [5.74, 6) is 0.511. The van der Waals surface area contributed by atoms with Gasteiger partial charge in [-0.15, -0.1) is 12.4 Å². The Bertz CT molecular complexity index is 743. The van der Waals surface area contributed by atoms with Crippen molar-refractivity contribution in [1.82, 2.24) is 4.90 Å². The summed E-state index contributed by atoms with van der Waals surface area (Å²) in [6.45, 7) is 6.77. The molecule has 6 heteroatoms. The normalized spacial score (nSPS) is 18.6. The summed E-state index contributed by atoms with van der Waals surface area (Å²) in [6.07, 6.45) is -0.768. The number of aliphatic hydroxyl groups is 1. The number of hydrogen-bond donors (Lipinski definition) is 1.